The minimum atomic E-state index is -0.00504. The quantitative estimate of drug-likeness (QED) is 0.588. The van der Waals surface area contributed by atoms with E-state index in [-0.39, 0.29) is 24.9 Å². The summed E-state index contributed by atoms with van der Waals surface area (Å²) in [5.74, 6) is 0.676. The Morgan fingerprint density at radius 1 is 1.19 bits per heavy atom. The molecule has 9 heteroatoms. The number of aromatic nitrogens is 2. The van der Waals surface area contributed by atoms with Crippen LogP contribution in [0.2, 0.25) is 0 Å². The average molecular weight is 361 g/mol. The number of guanidine groups is 1. The normalized spacial score (nSPS) is 19.1. The third kappa shape index (κ3) is 4.14. The molecule has 0 aromatic carbocycles. The molecule has 2 aliphatic heterocycles. The van der Waals surface area contributed by atoms with Gasteiger partial charge < -0.3 is 20.0 Å². The van der Waals surface area contributed by atoms with Gasteiger partial charge in [0.1, 0.15) is 6.54 Å². The largest absolute Gasteiger partial charge is 0.347 e. The second kappa shape index (κ2) is 8.20. The van der Waals surface area contributed by atoms with Crippen LogP contribution in [-0.2, 0) is 16.6 Å². The topological polar surface area (TPSA) is 86.1 Å². The molecule has 3 heterocycles. The Balaban J connectivity index is 1.53. The molecule has 1 aromatic heterocycles. The Kier molecular flexibility index (Phi) is 5.75. The van der Waals surface area contributed by atoms with Crippen LogP contribution in [0.1, 0.15) is 19.3 Å². The molecule has 0 spiro atoms. The maximum Gasteiger partial charge on any atom is 0.246 e. The first kappa shape index (κ1) is 18.2. The van der Waals surface area contributed by atoms with Crippen molar-refractivity contribution in [3.8, 4) is 0 Å². The van der Waals surface area contributed by atoms with E-state index in [4.69, 9.17) is 0 Å². The molecule has 9 nitrogen and oxygen atoms in total. The molecule has 2 amide bonds. The van der Waals surface area contributed by atoms with Crippen molar-refractivity contribution in [3.63, 3.8) is 0 Å². The summed E-state index contributed by atoms with van der Waals surface area (Å²) in [5, 5.41) is 7.23. The smallest absolute Gasteiger partial charge is 0.246 e. The van der Waals surface area contributed by atoms with Gasteiger partial charge in [-0.25, -0.2) is 0 Å². The predicted octanol–water partition coefficient (Wildman–Crippen LogP) is -0.343. The van der Waals surface area contributed by atoms with Gasteiger partial charge in [-0.2, -0.15) is 5.10 Å². The van der Waals surface area contributed by atoms with Crippen molar-refractivity contribution < 1.29 is 9.59 Å². The number of piperidine rings is 1. The van der Waals surface area contributed by atoms with Gasteiger partial charge >= 0.3 is 0 Å². The lowest BCUT2D eigenvalue weighted by Gasteiger charge is -2.35. The molecule has 2 saturated heterocycles. The van der Waals surface area contributed by atoms with Crippen LogP contribution in [0.3, 0.4) is 0 Å². The zero-order valence-electron chi connectivity index (χ0n) is 15.5. The fourth-order valence-electron chi connectivity index (χ4n) is 3.42. The number of amides is 2. The number of carbonyl (C=O) groups is 2. The van der Waals surface area contributed by atoms with E-state index in [1.165, 1.54) is 6.42 Å². The van der Waals surface area contributed by atoms with E-state index in [1.54, 1.807) is 22.8 Å². The van der Waals surface area contributed by atoms with E-state index >= 15 is 0 Å². The highest BCUT2D eigenvalue weighted by Crippen LogP contribution is 2.16. The number of likely N-dealkylation sites (tertiary alicyclic amines) is 1. The van der Waals surface area contributed by atoms with Crippen molar-refractivity contribution in [2.75, 3.05) is 51.2 Å². The summed E-state index contributed by atoms with van der Waals surface area (Å²) >= 11 is 0. The van der Waals surface area contributed by atoms with Crippen LogP contribution in [0.15, 0.2) is 17.4 Å². The molecule has 0 unspecified atom stereocenters. The van der Waals surface area contributed by atoms with E-state index in [9.17, 15) is 9.59 Å². The summed E-state index contributed by atoms with van der Waals surface area (Å²) in [6, 6.07) is 0. The lowest BCUT2D eigenvalue weighted by Crippen LogP contribution is -2.56. The van der Waals surface area contributed by atoms with Crippen LogP contribution < -0.4 is 10.2 Å². The third-order valence-corrected chi connectivity index (χ3v) is 4.84. The molecule has 0 radical (unpaired) electrons. The van der Waals surface area contributed by atoms with E-state index in [2.05, 4.69) is 15.4 Å². The Morgan fingerprint density at radius 2 is 1.96 bits per heavy atom. The van der Waals surface area contributed by atoms with Gasteiger partial charge in [0.05, 0.1) is 18.4 Å². The van der Waals surface area contributed by atoms with Gasteiger partial charge in [0.25, 0.3) is 0 Å². The van der Waals surface area contributed by atoms with Gasteiger partial charge in [-0.3, -0.25) is 19.3 Å². The summed E-state index contributed by atoms with van der Waals surface area (Å²) in [5.41, 5.74) is 0.806. The fraction of sp³-hybridized carbons (Fsp3) is 0.647. The van der Waals surface area contributed by atoms with Crippen LogP contribution in [0.25, 0.3) is 0 Å². The molecular formula is C17H27N7O2. The van der Waals surface area contributed by atoms with Crippen molar-refractivity contribution in [2.24, 2.45) is 12.0 Å². The monoisotopic (exact) mass is 361 g/mol. The summed E-state index contributed by atoms with van der Waals surface area (Å²) < 4.78 is 1.68. The first-order valence-corrected chi connectivity index (χ1v) is 9.11. The summed E-state index contributed by atoms with van der Waals surface area (Å²) in [4.78, 5) is 34.6. The zero-order chi connectivity index (χ0) is 18.5. The number of rotatable bonds is 3. The SMILES string of the molecule is CN=C(NCC(=O)N1CCCCC1)N1CCN(c2cnn(C)c2)C(=O)C1. The highest BCUT2D eigenvalue weighted by molar-refractivity contribution is 5.98. The number of aryl methyl sites for hydroxylation is 1. The third-order valence-electron chi connectivity index (χ3n) is 4.84. The Morgan fingerprint density at radius 3 is 2.58 bits per heavy atom. The van der Waals surface area contributed by atoms with Crippen LogP contribution in [-0.4, -0.2) is 83.7 Å². The number of carbonyl (C=O) groups excluding carboxylic acids is 2. The minimum absolute atomic E-state index is 0.00504. The van der Waals surface area contributed by atoms with Crippen molar-refractivity contribution in [3.05, 3.63) is 12.4 Å². The van der Waals surface area contributed by atoms with Crippen molar-refractivity contribution >= 4 is 23.5 Å². The van der Waals surface area contributed by atoms with Crippen LogP contribution in [0.4, 0.5) is 5.69 Å². The molecule has 0 bridgehead atoms. The standard InChI is InChI=1S/C17H27N7O2/c1-18-17(19-11-15(25)22-6-4-3-5-7-22)23-8-9-24(16(26)13-23)14-10-20-21(2)12-14/h10,12H,3-9,11,13H2,1-2H3,(H,18,19). The van der Waals surface area contributed by atoms with Gasteiger partial charge in [-0.15, -0.1) is 0 Å². The molecule has 142 valence electrons. The summed E-state index contributed by atoms with van der Waals surface area (Å²) in [7, 11) is 3.50. The summed E-state index contributed by atoms with van der Waals surface area (Å²) in [6.45, 7) is 3.32. The lowest BCUT2D eigenvalue weighted by molar-refractivity contribution is -0.130. The van der Waals surface area contributed by atoms with Gasteiger partial charge in [-0.05, 0) is 19.3 Å². The molecule has 26 heavy (non-hydrogen) atoms. The van der Waals surface area contributed by atoms with Crippen molar-refractivity contribution in [1.29, 1.82) is 0 Å². The van der Waals surface area contributed by atoms with Crippen LogP contribution in [0, 0.1) is 0 Å². The van der Waals surface area contributed by atoms with Crippen molar-refractivity contribution in [1.82, 2.24) is 24.9 Å². The molecule has 1 aromatic rings. The van der Waals surface area contributed by atoms with E-state index in [1.807, 2.05) is 23.0 Å². The maximum atomic E-state index is 12.5. The number of nitrogens with zero attached hydrogens (tertiary/aromatic N) is 6. The first-order chi connectivity index (χ1) is 12.6. The Labute approximate surface area is 153 Å². The highest BCUT2D eigenvalue weighted by Gasteiger charge is 2.28. The van der Waals surface area contributed by atoms with E-state index in [0.29, 0.717) is 19.0 Å². The lowest BCUT2D eigenvalue weighted by atomic mass is 10.1. The van der Waals surface area contributed by atoms with E-state index in [0.717, 1.165) is 31.6 Å². The minimum Gasteiger partial charge on any atom is -0.347 e. The molecule has 2 fully saturated rings. The fourth-order valence-corrected chi connectivity index (χ4v) is 3.42. The Hall–Kier alpha value is -2.58. The number of hydrogen-bond acceptors (Lipinski definition) is 4. The van der Waals surface area contributed by atoms with Gasteiger partial charge in [0.2, 0.25) is 11.8 Å². The molecular weight excluding hydrogens is 334 g/mol. The van der Waals surface area contributed by atoms with E-state index < -0.39 is 0 Å². The number of nitrogens with one attached hydrogen (secondary N) is 1. The number of piperazine rings is 1. The van der Waals surface area contributed by atoms with Gasteiger partial charge in [0, 0.05) is 46.5 Å². The molecule has 0 atom stereocenters. The van der Waals surface area contributed by atoms with Crippen molar-refractivity contribution in [2.45, 2.75) is 19.3 Å². The molecule has 2 aliphatic rings. The molecule has 0 saturated carbocycles. The highest BCUT2D eigenvalue weighted by atomic mass is 16.2. The van der Waals surface area contributed by atoms with Gasteiger partial charge in [-0.1, -0.05) is 0 Å². The first-order valence-electron chi connectivity index (χ1n) is 9.11. The zero-order valence-corrected chi connectivity index (χ0v) is 15.5. The average Bonchev–Trinajstić information content (AvgIpc) is 3.09. The molecule has 3 rings (SSSR count). The molecule has 0 aliphatic carbocycles. The number of anilines is 1. The second-order valence-electron chi connectivity index (χ2n) is 6.68. The van der Waals surface area contributed by atoms with Crippen LogP contribution >= 0.6 is 0 Å². The Bertz CT molecular complexity index is 678. The number of aliphatic imine (C=N–C) groups is 1. The molecule has 1 N–H and O–H groups in total. The second-order valence-corrected chi connectivity index (χ2v) is 6.68. The number of hydrogen-bond donors (Lipinski definition) is 1. The predicted molar refractivity (Wildman–Crippen MR) is 98.9 cm³/mol. The van der Waals surface area contributed by atoms with Gasteiger partial charge in [0.15, 0.2) is 5.96 Å². The summed E-state index contributed by atoms with van der Waals surface area (Å²) in [6.07, 6.45) is 6.87. The maximum absolute atomic E-state index is 12.5. The van der Waals surface area contributed by atoms with Crippen LogP contribution in [0.5, 0.6) is 0 Å².